The smallest absolute Gasteiger partial charge is 0.135 e. The maximum absolute atomic E-state index is 13.7. The van der Waals surface area contributed by atoms with Crippen molar-refractivity contribution in [1.29, 1.82) is 0 Å². The fourth-order valence-corrected chi connectivity index (χ4v) is 1.78. The number of nitrogens with one attached hydrogen (secondary N) is 1. The van der Waals surface area contributed by atoms with E-state index >= 15 is 0 Å². The van der Waals surface area contributed by atoms with E-state index in [0.29, 0.717) is 11.6 Å². The number of halogens is 2. The van der Waals surface area contributed by atoms with Crippen molar-refractivity contribution in [2.75, 3.05) is 11.9 Å². The summed E-state index contributed by atoms with van der Waals surface area (Å²) in [4.78, 5) is 8.29. The molecule has 1 aromatic carbocycles. The molecule has 2 rings (SSSR count). The van der Waals surface area contributed by atoms with Gasteiger partial charge in [-0.2, -0.15) is 0 Å². The molecule has 0 spiro atoms. The second-order valence-electron chi connectivity index (χ2n) is 4.21. The van der Waals surface area contributed by atoms with Gasteiger partial charge < -0.3 is 5.32 Å². The summed E-state index contributed by atoms with van der Waals surface area (Å²) in [5.41, 5.74) is 0.134. The van der Waals surface area contributed by atoms with Gasteiger partial charge in [0.25, 0.3) is 0 Å². The van der Waals surface area contributed by atoms with E-state index in [1.54, 1.807) is 13.0 Å². The summed E-state index contributed by atoms with van der Waals surface area (Å²) in [7, 11) is 0. The van der Waals surface area contributed by atoms with Gasteiger partial charge >= 0.3 is 0 Å². The molecule has 0 atom stereocenters. The zero-order chi connectivity index (χ0) is 13.8. The topological polar surface area (TPSA) is 37.8 Å². The van der Waals surface area contributed by atoms with Gasteiger partial charge in [-0.25, -0.2) is 18.7 Å². The molecule has 1 N–H and O–H groups in total. The lowest BCUT2D eigenvalue weighted by Gasteiger charge is -2.09. The number of anilines is 1. The van der Waals surface area contributed by atoms with Gasteiger partial charge in [-0.05, 0) is 25.5 Å². The van der Waals surface area contributed by atoms with Crippen molar-refractivity contribution < 1.29 is 8.78 Å². The maximum atomic E-state index is 13.7. The molecule has 3 nitrogen and oxygen atoms in total. The Bertz CT molecular complexity index is 565. The van der Waals surface area contributed by atoms with Gasteiger partial charge in [0.2, 0.25) is 0 Å². The van der Waals surface area contributed by atoms with Gasteiger partial charge in [-0.1, -0.05) is 13.0 Å². The van der Waals surface area contributed by atoms with Crippen molar-refractivity contribution in [3.8, 4) is 11.3 Å². The van der Waals surface area contributed by atoms with Gasteiger partial charge in [0.15, 0.2) is 0 Å². The van der Waals surface area contributed by atoms with Crippen LogP contribution in [0.4, 0.5) is 14.6 Å². The quantitative estimate of drug-likeness (QED) is 0.916. The molecular weight excluding hydrogens is 248 g/mol. The highest BCUT2D eigenvalue weighted by Crippen LogP contribution is 2.25. The fourth-order valence-electron chi connectivity index (χ4n) is 1.78. The number of aryl methyl sites for hydroxylation is 1. The first-order valence-electron chi connectivity index (χ1n) is 6.15. The van der Waals surface area contributed by atoms with Gasteiger partial charge in [0.1, 0.15) is 23.3 Å². The molecule has 2 aromatic rings. The minimum absolute atomic E-state index is 0.118. The fraction of sp³-hybridized carbons (Fsp3) is 0.286. The van der Waals surface area contributed by atoms with Crippen LogP contribution in [-0.2, 0) is 0 Å². The molecule has 5 heteroatoms. The van der Waals surface area contributed by atoms with Crippen LogP contribution in [0.25, 0.3) is 11.3 Å². The SMILES string of the molecule is CCCNc1cc(-c2c(F)cccc2F)nc(C)n1. The Hall–Kier alpha value is -2.04. The molecule has 0 aliphatic heterocycles. The Kier molecular flexibility index (Phi) is 4.04. The minimum Gasteiger partial charge on any atom is -0.370 e. The summed E-state index contributed by atoms with van der Waals surface area (Å²) in [6.07, 6.45) is 0.937. The van der Waals surface area contributed by atoms with E-state index in [9.17, 15) is 8.78 Å². The van der Waals surface area contributed by atoms with Gasteiger partial charge in [-0.15, -0.1) is 0 Å². The average Bonchev–Trinajstić information content (AvgIpc) is 2.35. The summed E-state index contributed by atoms with van der Waals surface area (Å²) in [5.74, 6) is -0.204. The number of aromatic nitrogens is 2. The third kappa shape index (κ3) is 3.05. The Morgan fingerprint density at radius 1 is 1.16 bits per heavy atom. The number of benzene rings is 1. The van der Waals surface area contributed by atoms with E-state index in [1.165, 1.54) is 18.2 Å². The molecule has 0 aliphatic rings. The molecule has 100 valence electrons. The summed E-state index contributed by atoms with van der Waals surface area (Å²) in [6, 6.07) is 5.33. The molecule has 0 amide bonds. The van der Waals surface area contributed by atoms with Crippen LogP contribution in [0.15, 0.2) is 24.3 Å². The summed E-state index contributed by atoms with van der Waals surface area (Å²) >= 11 is 0. The normalized spacial score (nSPS) is 10.5. The predicted molar refractivity (Wildman–Crippen MR) is 70.9 cm³/mol. The minimum atomic E-state index is -0.625. The van der Waals surface area contributed by atoms with Gasteiger partial charge in [0.05, 0.1) is 11.3 Å². The van der Waals surface area contributed by atoms with Crippen molar-refractivity contribution in [1.82, 2.24) is 9.97 Å². The molecule has 19 heavy (non-hydrogen) atoms. The zero-order valence-electron chi connectivity index (χ0n) is 10.9. The summed E-state index contributed by atoms with van der Waals surface area (Å²) < 4.78 is 27.5. The van der Waals surface area contributed by atoms with Crippen LogP contribution < -0.4 is 5.32 Å². The van der Waals surface area contributed by atoms with Gasteiger partial charge in [-0.3, -0.25) is 0 Å². The van der Waals surface area contributed by atoms with E-state index in [2.05, 4.69) is 15.3 Å². The molecule has 0 radical (unpaired) electrons. The highest BCUT2D eigenvalue weighted by atomic mass is 19.1. The maximum Gasteiger partial charge on any atom is 0.135 e. The zero-order valence-corrected chi connectivity index (χ0v) is 10.9. The van der Waals surface area contributed by atoms with Crippen LogP contribution in [0.2, 0.25) is 0 Å². The second kappa shape index (κ2) is 5.73. The van der Waals surface area contributed by atoms with Gasteiger partial charge in [0, 0.05) is 12.6 Å². The van der Waals surface area contributed by atoms with E-state index in [0.717, 1.165) is 13.0 Å². The molecule has 0 unspecified atom stereocenters. The lowest BCUT2D eigenvalue weighted by atomic mass is 10.1. The standard InChI is InChI=1S/C14H15F2N3/c1-3-7-17-13-8-12(18-9(2)19-13)14-10(15)5-4-6-11(14)16/h4-6,8H,3,7H2,1-2H3,(H,17,18,19). The van der Waals surface area contributed by atoms with Crippen LogP contribution in [0.5, 0.6) is 0 Å². The molecule has 0 aliphatic carbocycles. The van der Waals surface area contributed by atoms with Crippen LogP contribution in [-0.4, -0.2) is 16.5 Å². The highest BCUT2D eigenvalue weighted by molar-refractivity contribution is 5.63. The second-order valence-corrected chi connectivity index (χ2v) is 4.21. The molecule has 1 heterocycles. The summed E-state index contributed by atoms with van der Waals surface area (Å²) in [6.45, 7) is 4.47. The van der Waals surface area contributed by atoms with Crippen molar-refractivity contribution in [2.45, 2.75) is 20.3 Å². The first kappa shape index (κ1) is 13.4. The largest absolute Gasteiger partial charge is 0.370 e. The Morgan fingerprint density at radius 2 is 1.84 bits per heavy atom. The highest BCUT2D eigenvalue weighted by Gasteiger charge is 2.13. The predicted octanol–water partition coefficient (Wildman–Crippen LogP) is 3.55. The monoisotopic (exact) mass is 263 g/mol. The first-order chi connectivity index (χ1) is 9.11. The molecule has 0 fully saturated rings. The van der Waals surface area contributed by atoms with Crippen LogP contribution in [0.1, 0.15) is 19.2 Å². The first-order valence-corrected chi connectivity index (χ1v) is 6.15. The number of rotatable bonds is 4. The molecule has 0 saturated heterocycles. The Morgan fingerprint density at radius 3 is 2.47 bits per heavy atom. The van der Waals surface area contributed by atoms with Crippen molar-refractivity contribution in [2.24, 2.45) is 0 Å². The van der Waals surface area contributed by atoms with Crippen LogP contribution in [0.3, 0.4) is 0 Å². The van der Waals surface area contributed by atoms with Crippen LogP contribution >= 0.6 is 0 Å². The number of nitrogens with zero attached hydrogens (tertiary/aromatic N) is 2. The Labute approximate surface area is 110 Å². The lowest BCUT2D eigenvalue weighted by Crippen LogP contribution is -2.05. The number of hydrogen-bond acceptors (Lipinski definition) is 3. The third-order valence-electron chi connectivity index (χ3n) is 2.61. The van der Waals surface area contributed by atoms with Crippen molar-refractivity contribution in [3.05, 3.63) is 41.7 Å². The van der Waals surface area contributed by atoms with E-state index in [1.807, 2.05) is 6.92 Å². The Balaban J connectivity index is 2.47. The van der Waals surface area contributed by atoms with E-state index in [-0.39, 0.29) is 11.3 Å². The third-order valence-corrected chi connectivity index (χ3v) is 2.61. The lowest BCUT2D eigenvalue weighted by molar-refractivity contribution is 0.588. The molecule has 1 aromatic heterocycles. The van der Waals surface area contributed by atoms with E-state index < -0.39 is 11.6 Å². The molecule has 0 saturated carbocycles. The van der Waals surface area contributed by atoms with E-state index in [4.69, 9.17) is 0 Å². The average molecular weight is 263 g/mol. The van der Waals surface area contributed by atoms with Crippen molar-refractivity contribution >= 4 is 5.82 Å². The molecular formula is C14H15F2N3. The molecule has 0 bridgehead atoms. The number of hydrogen-bond donors (Lipinski definition) is 1. The van der Waals surface area contributed by atoms with Crippen molar-refractivity contribution in [3.63, 3.8) is 0 Å². The summed E-state index contributed by atoms with van der Waals surface area (Å²) in [5, 5.41) is 3.09. The van der Waals surface area contributed by atoms with Crippen LogP contribution in [0, 0.1) is 18.6 Å².